The number of benzene rings is 2. The number of hydrogen-bond acceptors (Lipinski definition) is 8. The molecule has 3 rings (SSSR count). The molecule has 2 aromatic carbocycles. The average molecular weight is 386 g/mol. The zero-order chi connectivity index (χ0) is 21.2. The zero-order valence-corrected chi connectivity index (χ0v) is 15.2. The number of nitro groups is 1. The van der Waals surface area contributed by atoms with E-state index in [4.69, 9.17) is 10.5 Å². The van der Waals surface area contributed by atoms with Crippen LogP contribution in [0.2, 0.25) is 0 Å². The van der Waals surface area contributed by atoms with Gasteiger partial charge < -0.3 is 15.4 Å². The molecule has 0 aromatic heterocycles. The van der Waals surface area contributed by atoms with Gasteiger partial charge in [0.25, 0.3) is 5.69 Å². The molecule has 0 aliphatic carbocycles. The molecular weight excluding hydrogens is 372 g/mol. The first kappa shape index (κ1) is 19.2. The van der Waals surface area contributed by atoms with E-state index in [0.717, 1.165) is 0 Å². The van der Waals surface area contributed by atoms with Gasteiger partial charge in [-0.25, -0.2) is 0 Å². The van der Waals surface area contributed by atoms with Gasteiger partial charge in [0.2, 0.25) is 5.41 Å². The molecule has 0 saturated carbocycles. The Bertz CT molecular complexity index is 1120. The number of ether oxygens (including phenoxy) is 1. The first-order valence-electron chi connectivity index (χ1n) is 8.34. The largest absolute Gasteiger partial charge is 0.497 e. The smallest absolute Gasteiger partial charge is 0.269 e. The lowest BCUT2D eigenvalue weighted by Gasteiger charge is -2.32. The van der Waals surface area contributed by atoms with Crippen LogP contribution >= 0.6 is 0 Å². The molecule has 29 heavy (non-hydrogen) atoms. The van der Waals surface area contributed by atoms with Crippen LogP contribution in [0.25, 0.3) is 0 Å². The number of nitriles is 3. The lowest BCUT2D eigenvalue weighted by Crippen LogP contribution is -2.34. The highest BCUT2D eigenvalue weighted by Gasteiger charge is 2.55. The molecule has 1 unspecified atom stereocenters. The summed E-state index contributed by atoms with van der Waals surface area (Å²) in [4.78, 5) is 12.1. The quantitative estimate of drug-likeness (QED) is 0.621. The van der Waals surface area contributed by atoms with E-state index in [1.807, 2.05) is 18.2 Å². The molecule has 0 amide bonds. The second-order valence-electron chi connectivity index (χ2n) is 6.23. The van der Waals surface area contributed by atoms with Crippen molar-refractivity contribution in [2.24, 2.45) is 11.1 Å². The molecule has 9 nitrogen and oxygen atoms in total. The van der Waals surface area contributed by atoms with Crippen LogP contribution in [0, 0.1) is 49.5 Å². The van der Waals surface area contributed by atoms with E-state index in [2.05, 4.69) is 0 Å². The molecule has 2 N–H and O–H groups in total. The molecule has 1 heterocycles. The molecule has 0 bridgehead atoms. The Labute approximate surface area is 166 Å². The third-order valence-corrected chi connectivity index (χ3v) is 4.79. The summed E-state index contributed by atoms with van der Waals surface area (Å²) in [6, 6.07) is 16.9. The van der Waals surface area contributed by atoms with Crippen LogP contribution < -0.4 is 15.4 Å². The van der Waals surface area contributed by atoms with Crippen molar-refractivity contribution in [3.05, 3.63) is 75.6 Å². The zero-order valence-electron chi connectivity index (χ0n) is 15.2. The van der Waals surface area contributed by atoms with E-state index in [9.17, 15) is 25.9 Å². The number of non-ortho nitro benzene ring substituents is 1. The van der Waals surface area contributed by atoms with Crippen molar-refractivity contribution in [3.8, 4) is 24.0 Å². The highest BCUT2D eigenvalue weighted by molar-refractivity contribution is 5.67. The van der Waals surface area contributed by atoms with Crippen molar-refractivity contribution in [2.75, 3.05) is 12.0 Å². The summed E-state index contributed by atoms with van der Waals surface area (Å²) in [5, 5.41) is 40.7. The number of hydrogen-bond donors (Lipinski definition) is 1. The summed E-state index contributed by atoms with van der Waals surface area (Å²) in [7, 11) is 1.51. The third kappa shape index (κ3) is 2.86. The maximum absolute atomic E-state index is 11.2. The number of nitrogens with zero attached hydrogens (tertiary/aromatic N) is 5. The average Bonchev–Trinajstić information content (AvgIpc) is 3.01. The molecule has 0 saturated heterocycles. The summed E-state index contributed by atoms with van der Waals surface area (Å²) >= 11 is 0. The van der Waals surface area contributed by atoms with Gasteiger partial charge in [0.15, 0.2) is 0 Å². The first-order valence-corrected chi connectivity index (χ1v) is 8.34. The van der Waals surface area contributed by atoms with Gasteiger partial charge in [-0.1, -0.05) is 12.1 Å². The molecule has 1 atom stereocenters. The second kappa shape index (κ2) is 7.22. The van der Waals surface area contributed by atoms with Crippen LogP contribution in [0.1, 0.15) is 11.6 Å². The van der Waals surface area contributed by atoms with E-state index in [1.165, 1.54) is 30.2 Å². The predicted octanol–water partition coefficient (Wildman–Crippen LogP) is 2.89. The highest BCUT2D eigenvalue weighted by atomic mass is 16.6. The molecule has 2 aromatic rings. The number of anilines is 1. The minimum absolute atomic E-state index is 0.0581. The topological polar surface area (TPSA) is 153 Å². The Morgan fingerprint density at radius 2 is 1.83 bits per heavy atom. The lowest BCUT2D eigenvalue weighted by molar-refractivity contribution is -0.384. The summed E-state index contributed by atoms with van der Waals surface area (Å²) in [5.74, 6) is 0.520. The Morgan fingerprint density at radius 3 is 2.34 bits per heavy atom. The standard InChI is InChI=1S/C20H14N6O3/c1-29-16-7-5-14(6-8-16)25-18(13-3-2-4-15(9-13)26(27)28)20(11-22,12-23)17(10-21)19(25)24/h2-9,18H,24H2,1H3. The van der Waals surface area contributed by atoms with E-state index in [-0.39, 0.29) is 17.1 Å². The van der Waals surface area contributed by atoms with Gasteiger partial charge in [-0.15, -0.1) is 0 Å². The number of nitro benzene ring substituents is 1. The fourth-order valence-corrected chi connectivity index (χ4v) is 3.43. The monoisotopic (exact) mass is 386 g/mol. The Kier molecular flexibility index (Phi) is 4.79. The molecule has 0 radical (unpaired) electrons. The molecule has 1 aliphatic heterocycles. The van der Waals surface area contributed by atoms with E-state index < -0.39 is 16.4 Å². The normalized spacial score (nSPS) is 17.2. The van der Waals surface area contributed by atoms with Crippen molar-refractivity contribution in [3.63, 3.8) is 0 Å². The molecule has 9 heteroatoms. The van der Waals surface area contributed by atoms with Crippen LogP contribution in [0.4, 0.5) is 11.4 Å². The lowest BCUT2D eigenvalue weighted by atomic mass is 9.76. The Balaban J connectivity index is 2.29. The van der Waals surface area contributed by atoms with Crippen LogP contribution in [0.15, 0.2) is 59.9 Å². The van der Waals surface area contributed by atoms with Crippen LogP contribution in [-0.2, 0) is 0 Å². The van der Waals surface area contributed by atoms with Gasteiger partial charge in [-0.05, 0) is 29.8 Å². The summed E-state index contributed by atoms with van der Waals surface area (Å²) < 4.78 is 5.14. The van der Waals surface area contributed by atoms with Crippen LogP contribution in [0.3, 0.4) is 0 Å². The molecule has 0 fully saturated rings. The van der Waals surface area contributed by atoms with Crippen molar-refractivity contribution in [1.82, 2.24) is 0 Å². The van der Waals surface area contributed by atoms with Crippen LogP contribution in [0.5, 0.6) is 5.75 Å². The fraction of sp³-hybridized carbons (Fsp3) is 0.150. The van der Waals surface area contributed by atoms with Crippen molar-refractivity contribution in [1.29, 1.82) is 15.8 Å². The summed E-state index contributed by atoms with van der Waals surface area (Å²) in [5.41, 5.74) is 4.68. The van der Waals surface area contributed by atoms with Gasteiger partial charge in [0.1, 0.15) is 23.2 Å². The fourth-order valence-electron chi connectivity index (χ4n) is 3.43. The molecular formula is C20H14N6O3. The number of methoxy groups -OCH3 is 1. The number of rotatable bonds is 4. The van der Waals surface area contributed by atoms with Gasteiger partial charge in [0.05, 0.1) is 30.2 Å². The summed E-state index contributed by atoms with van der Waals surface area (Å²) in [6.45, 7) is 0. The van der Waals surface area contributed by atoms with E-state index >= 15 is 0 Å². The maximum Gasteiger partial charge on any atom is 0.269 e. The van der Waals surface area contributed by atoms with Crippen molar-refractivity contribution >= 4 is 11.4 Å². The van der Waals surface area contributed by atoms with Crippen LogP contribution in [-0.4, -0.2) is 12.0 Å². The Morgan fingerprint density at radius 1 is 1.17 bits per heavy atom. The predicted molar refractivity (Wildman–Crippen MR) is 102 cm³/mol. The Hall–Kier alpha value is -4.55. The molecule has 142 valence electrons. The molecule has 0 spiro atoms. The van der Waals surface area contributed by atoms with Crippen molar-refractivity contribution < 1.29 is 9.66 Å². The van der Waals surface area contributed by atoms with Gasteiger partial charge >= 0.3 is 0 Å². The minimum Gasteiger partial charge on any atom is -0.497 e. The maximum atomic E-state index is 11.2. The van der Waals surface area contributed by atoms with E-state index in [0.29, 0.717) is 17.0 Å². The third-order valence-electron chi connectivity index (χ3n) is 4.79. The van der Waals surface area contributed by atoms with Crippen molar-refractivity contribution in [2.45, 2.75) is 6.04 Å². The number of nitrogens with two attached hydrogens (primary N) is 1. The second-order valence-corrected chi connectivity index (χ2v) is 6.23. The van der Waals surface area contributed by atoms with Gasteiger partial charge in [0, 0.05) is 17.8 Å². The SMILES string of the molecule is COc1ccc(N2C(N)=C(C#N)C(C#N)(C#N)C2c2cccc([N+](=O)[O-])c2)cc1. The minimum atomic E-state index is -1.94. The van der Waals surface area contributed by atoms with E-state index in [1.54, 1.807) is 30.3 Å². The first-order chi connectivity index (χ1) is 13.9. The summed E-state index contributed by atoms with van der Waals surface area (Å²) in [6.07, 6.45) is 0. The molecule has 1 aliphatic rings. The van der Waals surface area contributed by atoms with Gasteiger partial charge in [-0.3, -0.25) is 10.1 Å². The highest BCUT2D eigenvalue weighted by Crippen LogP contribution is 2.52. The van der Waals surface area contributed by atoms with Gasteiger partial charge in [-0.2, -0.15) is 15.8 Å².